The summed E-state index contributed by atoms with van der Waals surface area (Å²) in [6.07, 6.45) is 0. The molecule has 13 heavy (non-hydrogen) atoms. The molecule has 0 spiro atoms. The van der Waals surface area contributed by atoms with Gasteiger partial charge in [-0.1, -0.05) is 39.4 Å². The fourth-order valence-corrected chi connectivity index (χ4v) is 1.23. The molecule has 0 atom stereocenters. The number of benzene rings is 1. The van der Waals surface area contributed by atoms with Crippen molar-refractivity contribution in [2.24, 2.45) is 0 Å². The van der Waals surface area contributed by atoms with E-state index in [2.05, 4.69) is 27.8 Å². The van der Waals surface area contributed by atoms with Crippen LogP contribution in [0, 0.1) is 24.6 Å². The minimum Gasteiger partial charge on any atom is -0.207 e. The molecule has 0 nitrogen and oxygen atoms in total. The maximum absolute atomic E-state index is 12.9. The molecule has 0 amide bonds. The highest BCUT2D eigenvalue weighted by Gasteiger charge is 2.05. The number of hydrogen-bond donors (Lipinski definition) is 0. The zero-order valence-corrected chi connectivity index (χ0v) is 9.34. The lowest BCUT2D eigenvalue weighted by Crippen LogP contribution is -1.87. The molecule has 1 rings (SSSR count). The fourth-order valence-electron chi connectivity index (χ4n) is 0.887. The third kappa shape index (κ3) is 2.46. The second-order valence-corrected chi connectivity index (χ2v) is 3.41. The van der Waals surface area contributed by atoms with Gasteiger partial charge < -0.3 is 0 Å². The second-order valence-electron chi connectivity index (χ2n) is 2.47. The third-order valence-electron chi connectivity index (χ3n) is 1.61. The van der Waals surface area contributed by atoms with Crippen molar-refractivity contribution in [1.82, 2.24) is 0 Å². The zero-order chi connectivity index (χ0) is 9.84. The van der Waals surface area contributed by atoms with Gasteiger partial charge in [0.25, 0.3) is 0 Å². The Hall–Kier alpha value is -0.520. The molecule has 0 bridgehead atoms. The molecular weight excluding hydrogens is 254 g/mol. The number of rotatable bonds is 0. The van der Waals surface area contributed by atoms with Gasteiger partial charge in [-0.2, -0.15) is 0 Å². The SMILES string of the molecule is Cc1c(F)ccc(C#CCBr)c1Cl. The van der Waals surface area contributed by atoms with Crippen molar-refractivity contribution in [3.8, 4) is 11.8 Å². The summed E-state index contributed by atoms with van der Waals surface area (Å²) in [5, 5.41) is 0.980. The van der Waals surface area contributed by atoms with E-state index in [0.717, 1.165) is 0 Å². The van der Waals surface area contributed by atoms with Gasteiger partial charge in [-0.05, 0) is 19.1 Å². The van der Waals surface area contributed by atoms with E-state index in [4.69, 9.17) is 11.6 Å². The number of alkyl halides is 1. The van der Waals surface area contributed by atoms with E-state index < -0.39 is 0 Å². The Labute approximate surface area is 90.2 Å². The van der Waals surface area contributed by atoms with Gasteiger partial charge in [-0.25, -0.2) is 4.39 Å². The van der Waals surface area contributed by atoms with E-state index in [1.165, 1.54) is 6.07 Å². The van der Waals surface area contributed by atoms with Gasteiger partial charge in [0.05, 0.1) is 10.4 Å². The van der Waals surface area contributed by atoms with Crippen molar-refractivity contribution in [1.29, 1.82) is 0 Å². The molecule has 0 saturated carbocycles. The molecule has 0 aromatic heterocycles. The van der Waals surface area contributed by atoms with E-state index in [-0.39, 0.29) is 5.82 Å². The molecular formula is C10H7BrClF. The normalized spacial score (nSPS) is 9.23. The van der Waals surface area contributed by atoms with Crippen LogP contribution in [0.1, 0.15) is 11.1 Å². The Morgan fingerprint density at radius 2 is 2.23 bits per heavy atom. The highest BCUT2D eigenvalue weighted by Crippen LogP contribution is 2.22. The summed E-state index contributed by atoms with van der Waals surface area (Å²) >= 11 is 9.05. The van der Waals surface area contributed by atoms with Crippen molar-refractivity contribution >= 4 is 27.5 Å². The molecule has 0 unspecified atom stereocenters. The van der Waals surface area contributed by atoms with Crippen LogP contribution in [0.2, 0.25) is 5.02 Å². The van der Waals surface area contributed by atoms with Crippen LogP contribution >= 0.6 is 27.5 Å². The van der Waals surface area contributed by atoms with Crippen molar-refractivity contribution in [2.75, 3.05) is 5.33 Å². The van der Waals surface area contributed by atoms with Gasteiger partial charge in [0.2, 0.25) is 0 Å². The number of hydrogen-bond acceptors (Lipinski definition) is 0. The van der Waals surface area contributed by atoms with E-state index in [9.17, 15) is 4.39 Å². The molecule has 1 aromatic rings. The quantitative estimate of drug-likeness (QED) is 0.495. The maximum Gasteiger partial charge on any atom is 0.127 e. The summed E-state index contributed by atoms with van der Waals surface area (Å²) in [6.45, 7) is 1.64. The molecule has 0 radical (unpaired) electrons. The van der Waals surface area contributed by atoms with Crippen LogP contribution in [-0.2, 0) is 0 Å². The monoisotopic (exact) mass is 260 g/mol. The highest BCUT2D eigenvalue weighted by molar-refractivity contribution is 9.09. The van der Waals surface area contributed by atoms with Gasteiger partial charge in [0.1, 0.15) is 5.82 Å². The molecule has 0 aliphatic heterocycles. The molecule has 1 aromatic carbocycles. The standard InChI is InChI=1S/C10H7BrClF/c1-7-9(13)5-4-8(10(7)12)3-2-6-11/h4-5H,6H2,1H3. The largest absolute Gasteiger partial charge is 0.207 e. The average Bonchev–Trinajstić information content (AvgIpc) is 2.13. The molecule has 0 aliphatic rings. The van der Waals surface area contributed by atoms with E-state index in [0.29, 0.717) is 21.5 Å². The first kappa shape index (κ1) is 10.6. The highest BCUT2D eigenvalue weighted by atomic mass is 79.9. The van der Waals surface area contributed by atoms with E-state index in [1.807, 2.05) is 0 Å². The van der Waals surface area contributed by atoms with Crippen molar-refractivity contribution in [3.05, 3.63) is 34.1 Å². The summed E-state index contributed by atoms with van der Waals surface area (Å²) in [6, 6.07) is 2.96. The van der Waals surface area contributed by atoms with Crippen LogP contribution in [0.5, 0.6) is 0 Å². The smallest absolute Gasteiger partial charge is 0.127 e. The Morgan fingerprint density at radius 3 is 2.85 bits per heavy atom. The summed E-state index contributed by atoms with van der Waals surface area (Å²) in [5.41, 5.74) is 1.11. The fraction of sp³-hybridized carbons (Fsp3) is 0.200. The maximum atomic E-state index is 12.9. The molecule has 0 N–H and O–H groups in total. The van der Waals surface area contributed by atoms with Crippen molar-refractivity contribution in [2.45, 2.75) is 6.92 Å². The van der Waals surface area contributed by atoms with Crippen LogP contribution in [-0.4, -0.2) is 5.33 Å². The van der Waals surface area contributed by atoms with Gasteiger partial charge in [0, 0.05) is 11.1 Å². The summed E-state index contributed by atoms with van der Waals surface area (Å²) in [4.78, 5) is 0. The first-order valence-electron chi connectivity index (χ1n) is 3.66. The first-order valence-corrected chi connectivity index (χ1v) is 5.16. The summed E-state index contributed by atoms with van der Waals surface area (Å²) < 4.78 is 12.9. The topological polar surface area (TPSA) is 0 Å². The Bertz CT molecular complexity index is 376. The Balaban J connectivity index is 3.18. The van der Waals surface area contributed by atoms with Crippen LogP contribution in [0.15, 0.2) is 12.1 Å². The van der Waals surface area contributed by atoms with Crippen LogP contribution < -0.4 is 0 Å². The predicted octanol–water partition coefficient (Wildman–Crippen LogP) is 3.53. The molecule has 0 fully saturated rings. The number of halogens is 3. The van der Waals surface area contributed by atoms with E-state index >= 15 is 0 Å². The minimum absolute atomic E-state index is 0.297. The summed E-state index contributed by atoms with van der Waals surface area (Å²) in [5.74, 6) is 5.35. The lowest BCUT2D eigenvalue weighted by molar-refractivity contribution is 0.618. The van der Waals surface area contributed by atoms with Gasteiger partial charge >= 0.3 is 0 Å². The van der Waals surface area contributed by atoms with Crippen LogP contribution in [0.4, 0.5) is 4.39 Å². The third-order valence-corrected chi connectivity index (χ3v) is 2.38. The van der Waals surface area contributed by atoms with Crippen molar-refractivity contribution < 1.29 is 4.39 Å². The minimum atomic E-state index is -0.297. The Morgan fingerprint density at radius 1 is 1.54 bits per heavy atom. The lowest BCUT2D eigenvalue weighted by Gasteiger charge is -2.01. The Kier molecular flexibility index (Phi) is 3.77. The van der Waals surface area contributed by atoms with Gasteiger partial charge in [0.15, 0.2) is 0 Å². The molecule has 3 heteroatoms. The van der Waals surface area contributed by atoms with Gasteiger partial charge in [-0.15, -0.1) is 0 Å². The predicted molar refractivity (Wildman–Crippen MR) is 56.8 cm³/mol. The second kappa shape index (κ2) is 4.64. The zero-order valence-electron chi connectivity index (χ0n) is 7.00. The van der Waals surface area contributed by atoms with E-state index in [1.54, 1.807) is 13.0 Å². The van der Waals surface area contributed by atoms with Crippen LogP contribution in [0.3, 0.4) is 0 Å². The summed E-state index contributed by atoms with van der Waals surface area (Å²) in [7, 11) is 0. The molecule has 0 heterocycles. The average molecular weight is 262 g/mol. The molecule has 68 valence electrons. The lowest BCUT2D eigenvalue weighted by atomic mass is 10.1. The molecule has 0 aliphatic carbocycles. The first-order chi connectivity index (χ1) is 6.16. The molecule has 0 saturated heterocycles. The van der Waals surface area contributed by atoms with Crippen molar-refractivity contribution in [3.63, 3.8) is 0 Å². The van der Waals surface area contributed by atoms with Gasteiger partial charge in [-0.3, -0.25) is 0 Å². The van der Waals surface area contributed by atoms with Crippen LogP contribution in [0.25, 0.3) is 0 Å².